The Balaban J connectivity index is -0.000000779. The van der Waals surface area contributed by atoms with Crippen molar-refractivity contribution in [3.63, 3.8) is 0 Å². The van der Waals surface area contributed by atoms with Gasteiger partial charge in [0.25, 0.3) is 5.91 Å². The van der Waals surface area contributed by atoms with Crippen LogP contribution in [0, 0.1) is 34.6 Å². The van der Waals surface area contributed by atoms with Gasteiger partial charge in [0.05, 0.1) is 0 Å². The second-order valence-electron chi connectivity index (χ2n) is 14.2. The van der Waals surface area contributed by atoms with Gasteiger partial charge in [-0.25, -0.2) is 11.0 Å². The number of nitrogens with zero attached hydrogens (tertiary/aromatic N) is 1. The fraction of sp³-hybridized carbons (Fsp3) is 0.417. The van der Waals surface area contributed by atoms with E-state index in [2.05, 4.69) is 39.0 Å². The zero-order valence-corrected chi connectivity index (χ0v) is 39.9. The summed E-state index contributed by atoms with van der Waals surface area (Å²) in [6, 6.07) is 24.0. The van der Waals surface area contributed by atoms with Gasteiger partial charge in [-0.1, -0.05) is 112 Å². The molecule has 3 aromatic rings. The molecule has 0 unspecified atom stereocenters. The summed E-state index contributed by atoms with van der Waals surface area (Å²) in [6.45, 7) is 10.2. The fourth-order valence-electron chi connectivity index (χ4n) is 5.60. The van der Waals surface area contributed by atoms with Crippen molar-refractivity contribution in [2.24, 2.45) is 5.92 Å². The first-order chi connectivity index (χ1) is 26.3. The summed E-state index contributed by atoms with van der Waals surface area (Å²) in [4.78, 5) is 47.7. The SMILES string of the molecule is CC(/C=C/C(=O)NO)=C\[C@@H](C)C(=O)c1ccc(N(C)C)cc1.CCCCCCc1ccc(C)c(C)c1.O=C(CCCCCCC(=O)NO)Cc1ccccc1.[CH3-].[CH3-].[Zn+2]. The van der Waals surface area contributed by atoms with Crippen molar-refractivity contribution in [2.75, 3.05) is 19.0 Å². The van der Waals surface area contributed by atoms with Crippen LogP contribution in [-0.4, -0.2) is 47.9 Å². The predicted octanol–water partition coefficient (Wildman–Crippen LogP) is 10.5. The number of anilines is 1. The molecule has 0 spiro atoms. The number of allylic oxidation sites excluding steroid dienone is 3. The fourth-order valence-corrected chi connectivity index (χ4v) is 5.60. The minimum Gasteiger partial charge on any atom is -0.378 e. The number of aryl methyl sites for hydroxylation is 3. The van der Waals surface area contributed by atoms with Gasteiger partial charge in [-0.15, -0.1) is 0 Å². The number of benzene rings is 3. The van der Waals surface area contributed by atoms with E-state index < -0.39 is 5.91 Å². The molecular weight excluding hydrogens is 780 g/mol. The number of hydrogen-bond acceptors (Lipinski definition) is 7. The van der Waals surface area contributed by atoms with Gasteiger partial charge in [-0.2, -0.15) is 0 Å². The maximum absolute atomic E-state index is 12.4. The van der Waals surface area contributed by atoms with Gasteiger partial charge >= 0.3 is 19.5 Å². The van der Waals surface area contributed by atoms with Crippen LogP contribution in [0.2, 0.25) is 0 Å². The summed E-state index contributed by atoms with van der Waals surface area (Å²) in [6.07, 6.45) is 16.1. The zero-order chi connectivity index (χ0) is 41.0. The Kier molecular flexibility index (Phi) is 34.8. The molecule has 0 saturated carbocycles. The van der Waals surface area contributed by atoms with Crippen molar-refractivity contribution >= 4 is 29.1 Å². The third-order valence-corrected chi connectivity index (χ3v) is 9.07. The number of ketones is 2. The molecule has 0 radical (unpaired) electrons. The number of rotatable bonds is 20. The second kappa shape index (κ2) is 34.8. The van der Waals surface area contributed by atoms with E-state index in [1.54, 1.807) is 24.6 Å². The molecule has 0 fully saturated rings. The predicted molar refractivity (Wildman–Crippen MR) is 236 cm³/mol. The van der Waals surface area contributed by atoms with Crippen LogP contribution in [0.15, 0.2) is 96.6 Å². The number of unbranched alkanes of at least 4 members (excludes halogenated alkanes) is 6. The first-order valence-corrected chi connectivity index (χ1v) is 19.5. The van der Waals surface area contributed by atoms with Gasteiger partial charge in [0.15, 0.2) is 5.78 Å². The monoisotopic (exact) mass is 849 g/mol. The molecule has 1 atom stereocenters. The van der Waals surface area contributed by atoms with E-state index in [9.17, 15) is 19.2 Å². The molecule has 4 N–H and O–H groups in total. The van der Waals surface area contributed by atoms with Crippen molar-refractivity contribution in [1.29, 1.82) is 0 Å². The quantitative estimate of drug-likeness (QED) is 0.0130. The number of carbonyl (C=O) groups excluding carboxylic acids is 4. The number of carbonyl (C=O) groups is 4. The molecule has 9 nitrogen and oxygen atoms in total. The summed E-state index contributed by atoms with van der Waals surface area (Å²) in [5.74, 6) is -0.970. The van der Waals surface area contributed by atoms with Crippen LogP contribution in [0.25, 0.3) is 0 Å². The molecule has 10 heteroatoms. The summed E-state index contributed by atoms with van der Waals surface area (Å²) in [5.41, 5.74) is 11.0. The molecule has 3 aromatic carbocycles. The molecule has 3 rings (SSSR count). The van der Waals surface area contributed by atoms with E-state index in [0.717, 1.165) is 42.5 Å². The molecular formula is C48H71N3O6Zn. The van der Waals surface area contributed by atoms with Gasteiger partial charge in [-0.3, -0.25) is 29.6 Å². The Bertz CT molecular complexity index is 1640. The van der Waals surface area contributed by atoms with Gasteiger partial charge in [0.1, 0.15) is 5.78 Å². The van der Waals surface area contributed by atoms with Gasteiger partial charge < -0.3 is 19.8 Å². The number of amides is 2. The topological polar surface area (TPSA) is 136 Å². The molecule has 0 aliphatic heterocycles. The summed E-state index contributed by atoms with van der Waals surface area (Å²) < 4.78 is 0. The first kappa shape index (κ1) is 58.1. The van der Waals surface area contributed by atoms with Crippen LogP contribution in [0.4, 0.5) is 5.69 Å². The molecule has 316 valence electrons. The summed E-state index contributed by atoms with van der Waals surface area (Å²) in [5, 5.41) is 16.7. The summed E-state index contributed by atoms with van der Waals surface area (Å²) in [7, 11) is 3.89. The maximum atomic E-state index is 12.4. The average Bonchev–Trinajstić information content (AvgIpc) is 3.18. The largest absolute Gasteiger partial charge is 2.00 e. The third kappa shape index (κ3) is 26.6. The molecule has 0 saturated heterocycles. The van der Waals surface area contributed by atoms with Crippen molar-refractivity contribution in [2.45, 2.75) is 112 Å². The molecule has 0 aliphatic carbocycles. The first-order valence-electron chi connectivity index (χ1n) is 19.5. The van der Waals surface area contributed by atoms with Crippen LogP contribution in [0.3, 0.4) is 0 Å². The average molecular weight is 852 g/mol. The Morgan fingerprint density at radius 1 is 0.724 bits per heavy atom. The normalized spacial score (nSPS) is 10.8. The van der Waals surface area contributed by atoms with Crippen LogP contribution in [-0.2, 0) is 46.7 Å². The van der Waals surface area contributed by atoms with Crippen molar-refractivity contribution in [3.05, 3.63) is 139 Å². The molecule has 58 heavy (non-hydrogen) atoms. The number of nitrogens with one attached hydrogen (secondary N) is 2. The van der Waals surface area contributed by atoms with E-state index in [-0.39, 0.29) is 57.7 Å². The van der Waals surface area contributed by atoms with E-state index >= 15 is 0 Å². The van der Waals surface area contributed by atoms with Crippen LogP contribution in [0.5, 0.6) is 0 Å². The molecule has 0 heterocycles. The maximum Gasteiger partial charge on any atom is 2.00 e. The number of hydroxylamine groups is 2. The summed E-state index contributed by atoms with van der Waals surface area (Å²) >= 11 is 0. The Morgan fingerprint density at radius 3 is 1.88 bits per heavy atom. The minimum atomic E-state index is -0.606. The molecule has 0 aliphatic rings. The van der Waals surface area contributed by atoms with E-state index in [1.807, 2.05) is 80.5 Å². The number of Topliss-reactive ketones (excluding diaryl/α,β-unsaturated/α-hetero) is 2. The zero-order valence-electron chi connectivity index (χ0n) is 36.9. The van der Waals surface area contributed by atoms with Crippen molar-refractivity contribution in [3.8, 4) is 0 Å². The third-order valence-electron chi connectivity index (χ3n) is 9.07. The minimum absolute atomic E-state index is 0. The van der Waals surface area contributed by atoms with Gasteiger partial charge in [0, 0.05) is 56.6 Å². The molecule has 0 aromatic heterocycles. The van der Waals surface area contributed by atoms with Gasteiger partial charge in [0.2, 0.25) is 5.91 Å². The Labute approximate surface area is 363 Å². The Hall–Kier alpha value is -4.24. The van der Waals surface area contributed by atoms with Crippen LogP contribution < -0.4 is 15.9 Å². The van der Waals surface area contributed by atoms with E-state index in [4.69, 9.17) is 10.4 Å². The van der Waals surface area contributed by atoms with Crippen LogP contribution in [0.1, 0.15) is 118 Å². The second-order valence-corrected chi connectivity index (χ2v) is 14.2. The van der Waals surface area contributed by atoms with Crippen LogP contribution >= 0.6 is 0 Å². The van der Waals surface area contributed by atoms with Crippen molar-refractivity contribution < 1.29 is 49.1 Å². The smallest absolute Gasteiger partial charge is 0.378 e. The van der Waals surface area contributed by atoms with E-state index in [1.165, 1.54) is 60.4 Å². The van der Waals surface area contributed by atoms with E-state index in [0.29, 0.717) is 24.8 Å². The standard InChI is InChI=1S/C17H22N2O3.C15H21NO3.C14H22.2CH3.Zn/c1-12(5-10-16(20)18-22)11-13(2)17(21)14-6-8-15(9-7-14)19(3)4;17-14(12-13-8-4-3-5-9-13)10-6-1-2-7-11-15(18)16-19;1-4-5-6-7-8-14-10-9-12(2)13(3)11-14;;;/h5-11,13,22H,1-4H3,(H,18,20);3-5,8-9,19H,1-2,6-7,10-12H2,(H,16,18);9-11H,4-8H2,1-3H3;2*1H3;/q;;;2*-1;+2/b10-5+,12-11+;;;;;/t13-;;;;;/m1...../s1. The van der Waals surface area contributed by atoms with Crippen molar-refractivity contribution in [1.82, 2.24) is 11.0 Å². The molecule has 0 bridgehead atoms. The van der Waals surface area contributed by atoms with Gasteiger partial charge in [-0.05, 0) is 93.0 Å². The molecule has 2 amide bonds. The Morgan fingerprint density at radius 2 is 1.33 bits per heavy atom. The number of hydrogen-bond donors (Lipinski definition) is 4.